The molecule has 0 aliphatic carbocycles. The van der Waals surface area contributed by atoms with Crippen molar-refractivity contribution in [2.45, 2.75) is 20.8 Å². The zero-order valence-corrected chi connectivity index (χ0v) is 13.9. The Morgan fingerprint density at radius 2 is 1.96 bits per heavy atom. The fourth-order valence-corrected chi connectivity index (χ4v) is 2.36. The standard InChI is InChI=1S/C16H18N6O2/c1-10-7-11(2)21(20-10)16-19-18-12(3)22(16)17-9-13-5-6-15(24-4)14(23)8-13/h5-9,23H,1-4H3. The molecule has 24 heavy (non-hydrogen) atoms. The number of aromatic hydroxyl groups is 1. The van der Waals surface area contributed by atoms with Crippen molar-refractivity contribution in [3.05, 3.63) is 47.0 Å². The number of benzene rings is 1. The van der Waals surface area contributed by atoms with E-state index in [0.717, 1.165) is 17.0 Å². The molecule has 0 spiro atoms. The van der Waals surface area contributed by atoms with Crippen LogP contribution in [0.15, 0.2) is 29.4 Å². The Labute approximate surface area is 139 Å². The molecule has 0 fully saturated rings. The molecule has 0 radical (unpaired) electrons. The number of hydrogen-bond acceptors (Lipinski definition) is 6. The molecule has 1 aromatic carbocycles. The SMILES string of the molecule is COc1ccc(C=Nn2c(C)nnc2-n2nc(C)cc2C)cc1O. The Bertz CT molecular complexity index is 909. The van der Waals surface area contributed by atoms with E-state index in [1.165, 1.54) is 7.11 Å². The van der Waals surface area contributed by atoms with Gasteiger partial charge >= 0.3 is 0 Å². The highest BCUT2D eigenvalue weighted by Gasteiger charge is 2.13. The van der Waals surface area contributed by atoms with Gasteiger partial charge in [-0.25, -0.2) is 4.68 Å². The number of ether oxygens (including phenoxy) is 1. The van der Waals surface area contributed by atoms with E-state index in [9.17, 15) is 5.11 Å². The van der Waals surface area contributed by atoms with E-state index in [0.29, 0.717) is 17.5 Å². The number of aromatic nitrogens is 5. The highest BCUT2D eigenvalue weighted by atomic mass is 16.5. The van der Waals surface area contributed by atoms with Gasteiger partial charge in [0, 0.05) is 5.69 Å². The molecule has 0 unspecified atom stereocenters. The molecule has 2 aromatic heterocycles. The number of phenols is 1. The topological polar surface area (TPSA) is 90.4 Å². The second-order valence-corrected chi connectivity index (χ2v) is 5.37. The normalized spacial score (nSPS) is 11.3. The fraction of sp³-hybridized carbons (Fsp3) is 0.250. The van der Waals surface area contributed by atoms with Gasteiger partial charge in [-0.15, -0.1) is 10.2 Å². The molecule has 0 saturated heterocycles. The summed E-state index contributed by atoms with van der Waals surface area (Å²) in [4.78, 5) is 0. The third kappa shape index (κ3) is 2.85. The lowest BCUT2D eigenvalue weighted by molar-refractivity contribution is 0.373. The van der Waals surface area contributed by atoms with Gasteiger partial charge in [0.15, 0.2) is 17.3 Å². The van der Waals surface area contributed by atoms with Gasteiger partial charge < -0.3 is 9.84 Å². The average molecular weight is 326 g/mol. The Balaban J connectivity index is 1.97. The van der Waals surface area contributed by atoms with Crippen LogP contribution in [-0.2, 0) is 0 Å². The summed E-state index contributed by atoms with van der Waals surface area (Å²) < 4.78 is 8.32. The van der Waals surface area contributed by atoms with Crippen LogP contribution in [0.4, 0.5) is 0 Å². The van der Waals surface area contributed by atoms with Crippen molar-refractivity contribution in [1.29, 1.82) is 0 Å². The summed E-state index contributed by atoms with van der Waals surface area (Å²) in [5.74, 6) is 1.61. The summed E-state index contributed by atoms with van der Waals surface area (Å²) in [6.45, 7) is 5.67. The Kier molecular flexibility index (Phi) is 4.03. The van der Waals surface area contributed by atoms with Gasteiger partial charge in [-0.1, -0.05) is 0 Å². The molecule has 8 heteroatoms. The van der Waals surface area contributed by atoms with E-state index in [1.54, 1.807) is 33.8 Å². The Hall–Kier alpha value is -3.16. The van der Waals surface area contributed by atoms with Crippen molar-refractivity contribution < 1.29 is 9.84 Å². The predicted molar refractivity (Wildman–Crippen MR) is 89.0 cm³/mol. The largest absolute Gasteiger partial charge is 0.504 e. The van der Waals surface area contributed by atoms with Gasteiger partial charge in [0.2, 0.25) is 0 Å². The van der Waals surface area contributed by atoms with Crippen LogP contribution in [0.5, 0.6) is 11.5 Å². The van der Waals surface area contributed by atoms with E-state index in [2.05, 4.69) is 20.4 Å². The van der Waals surface area contributed by atoms with E-state index < -0.39 is 0 Å². The highest BCUT2D eigenvalue weighted by Crippen LogP contribution is 2.25. The second kappa shape index (κ2) is 6.15. The van der Waals surface area contributed by atoms with Crippen molar-refractivity contribution in [3.8, 4) is 17.4 Å². The Morgan fingerprint density at radius 1 is 1.17 bits per heavy atom. The number of methoxy groups -OCH3 is 1. The minimum Gasteiger partial charge on any atom is -0.504 e. The summed E-state index contributed by atoms with van der Waals surface area (Å²) in [7, 11) is 1.50. The smallest absolute Gasteiger partial charge is 0.273 e. The van der Waals surface area contributed by atoms with Gasteiger partial charge in [-0.2, -0.15) is 14.9 Å². The third-order valence-corrected chi connectivity index (χ3v) is 3.50. The van der Waals surface area contributed by atoms with Gasteiger partial charge in [0.25, 0.3) is 5.95 Å². The lowest BCUT2D eigenvalue weighted by Gasteiger charge is -2.05. The van der Waals surface area contributed by atoms with Crippen molar-refractivity contribution >= 4 is 6.21 Å². The summed E-state index contributed by atoms with van der Waals surface area (Å²) in [5.41, 5.74) is 2.56. The Morgan fingerprint density at radius 3 is 2.58 bits per heavy atom. The molecule has 0 aliphatic heterocycles. The van der Waals surface area contributed by atoms with Crippen molar-refractivity contribution in [2.75, 3.05) is 7.11 Å². The van der Waals surface area contributed by atoms with E-state index in [1.807, 2.05) is 26.8 Å². The monoisotopic (exact) mass is 326 g/mol. The molecule has 124 valence electrons. The lowest BCUT2D eigenvalue weighted by atomic mass is 10.2. The summed E-state index contributed by atoms with van der Waals surface area (Å²) in [5, 5.41) is 26.9. The molecular formula is C16H18N6O2. The summed E-state index contributed by atoms with van der Waals surface area (Å²) in [6, 6.07) is 7.01. The minimum atomic E-state index is 0.0562. The molecule has 3 aromatic rings. The van der Waals surface area contributed by atoms with Gasteiger partial charge in [-0.3, -0.25) is 0 Å². The molecule has 3 rings (SSSR count). The number of aryl methyl sites for hydroxylation is 3. The maximum absolute atomic E-state index is 9.84. The third-order valence-electron chi connectivity index (χ3n) is 3.50. The number of phenolic OH excluding ortho intramolecular Hbond substituents is 1. The van der Waals surface area contributed by atoms with Crippen LogP contribution in [0.2, 0.25) is 0 Å². The average Bonchev–Trinajstić information content (AvgIpc) is 3.07. The van der Waals surface area contributed by atoms with Crippen LogP contribution >= 0.6 is 0 Å². The van der Waals surface area contributed by atoms with Crippen LogP contribution in [0.1, 0.15) is 22.8 Å². The van der Waals surface area contributed by atoms with E-state index >= 15 is 0 Å². The van der Waals surface area contributed by atoms with Gasteiger partial charge in [0.05, 0.1) is 19.0 Å². The first-order chi connectivity index (χ1) is 11.5. The molecule has 0 bridgehead atoms. The van der Waals surface area contributed by atoms with Crippen molar-refractivity contribution in [3.63, 3.8) is 0 Å². The van der Waals surface area contributed by atoms with Crippen LogP contribution in [0, 0.1) is 20.8 Å². The number of nitrogens with zero attached hydrogens (tertiary/aromatic N) is 6. The van der Waals surface area contributed by atoms with Crippen LogP contribution in [0.3, 0.4) is 0 Å². The van der Waals surface area contributed by atoms with Crippen molar-refractivity contribution in [2.24, 2.45) is 5.10 Å². The zero-order valence-electron chi connectivity index (χ0n) is 13.9. The molecular weight excluding hydrogens is 308 g/mol. The first-order valence-corrected chi connectivity index (χ1v) is 7.36. The van der Waals surface area contributed by atoms with E-state index in [-0.39, 0.29) is 5.75 Å². The quantitative estimate of drug-likeness (QED) is 0.740. The van der Waals surface area contributed by atoms with Gasteiger partial charge in [0.1, 0.15) is 0 Å². The zero-order chi connectivity index (χ0) is 17.3. The maximum Gasteiger partial charge on any atom is 0.273 e. The number of hydrogen-bond donors (Lipinski definition) is 1. The van der Waals surface area contributed by atoms with Gasteiger partial charge in [-0.05, 0) is 50.6 Å². The van der Waals surface area contributed by atoms with Crippen LogP contribution in [-0.4, -0.2) is 43.1 Å². The first-order valence-electron chi connectivity index (χ1n) is 7.36. The molecule has 0 atom stereocenters. The predicted octanol–water partition coefficient (Wildman–Crippen LogP) is 1.99. The molecule has 8 nitrogen and oxygen atoms in total. The first kappa shape index (κ1) is 15.7. The molecule has 0 aliphatic rings. The van der Waals surface area contributed by atoms with Crippen molar-refractivity contribution in [1.82, 2.24) is 24.7 Å². The summed E-state index contributed by atoms with van der Waals surface area (Å²) in [6.07, 6.45) is 1.62. The maximum atomic E-state index is 9.84. The molecule has 2 heterocycles. The number of rotatable bonds is 4. The second-order valence-electron chi connectivity index (χ2n) is 5.37. The minimum absolute atomic E-state index is 0.0562. The lowest BCUT2D eigenvalue weighted by Crippen LogP contribution is -2.07. The van der Waals surface area contributed by atoms with E-state index in [4.69, 9.17) is 4.74 Å². The van der Waals surface area contributed by atoms with Crippen LogP contribution < -0.4 is 4.74 Å². The highest BCUT2D eigenvalue weighted by molar-refractivity contribution is 5.80. The molecule has 0 amide bonds. The van der Waals surface area contributed by atoms with Crippen LogP contribution in [0.25, 0.3) is 5.95 Å². The molecule has 1 N–H and O–H groups in total. The summed E-state index contributed by atoms with van der Waals surface area (Å²) >= 11 is 0. The fourth-order valence-electron chi connectivity index (χ4n) is 2.36. The molecule has 0 saturated carbocycles.